The Balaban J connectivity index is 0. The van der Waals surface area contributed by atoms with Gasteiger partial charge in [-0.3, -0.25) is 0 Å². The molecule has 0 bridgehead atoms. The molecule has 0 unspecified atom stereocenters. The maximum Gasteiger partial charge on any atom is 2.00 e. The van der Waals surface area contributed by atoms with Gasteiger partial charge in [-0.2, -0.15) is 0 Å². The first kappa shape index (κ1) is 219. The van der Waals surface area contributed by atoms with Crippen molar-refractivity contribution in [1.29, 1.82) is 0 Å². The molecule has 0 spiro atoms. The van der Waals surface area contributed by atoms with Crippen LogP contribution in [0.25, 0.3) is 0 Å². The van der Waals surface area contributed by atoms with Crippen LogP contribution in [0.3, 0.4) is 0 Å². The molecule has 0 aromatic carbocycles. The van der Waals surface area contributed by atoms with Gasteiger partial charge < -0.3 is 18.8 Å². The molecule has 0 aliphatic carbocycles. The summed E-state index contributed by atoms with van der Waals surface area (Å²) in [7, 11) is 0. The van der Waals surface area contributed by atoms with Crippen LogP contribution in [-0.4, -0.2) is 0 Å². The maximum atomic E-state index is 0. The quantitative estimate of drug-likeness (QED) is 0.312. The van der Waals surface area contributed by atoms with Gasteiger partial charge in [-0.15, -0.1) is 0 Å². The van der Waals surface area contributed by atoms with Crippen LogP contribution < -0.4 is 18.8 Å². The Labute approximate surface area is 61.1 Å². The number of halogens is 4. The zero-order valence-corrected chi connectivity index (χ0v) is 6.69. The van der Waals surface area contributed by atoms with Crippen molar-refractivity contribution in [3.63, 3.8) is 0 Å². The topological polar surface area (TPSA) is 0 Å². The van der Waals surface area contributed by atoms with E-state index in [1.807, 2.05) is 0 Å². The van der Waals surface area contributed by atoms with Crippen LogP contribution in [0.15, 0.2) is 0 Å². The molecule has 0 saturated heterocycles. The van der Waals surface area contributed by atoms with Gasteiger partial charge in [0, 0.05) is 0 Å². The van der Waals surface area contributed by atoms with Crippen molar-refractivity contribution in [2.45, 2.75) is 0 Å². The third-order valence-corrected chi connectivity index (χ3v) is 0. The number of hydrogen-bond donors (Lipinski definition) is 0. The van der Waals surface area contributed by atoms with Gasteiger partial charge in [0.05, 0.1) is 0 Å². The van der Waals surface area contributed by atoms with E-state index in [4.69, 9.17) is 0 Å². The van der Waals surface area contributed by atoms with E-state index in [2.05, 4.69) is 0 Å². The summed E-state index contributed by atoms with van der Waals surface area (Å²) >= 11 is 0. The largest absolute Gasteiger partial charge is 2.00 e. The average Bonchev–Trinajstić information content (AvgIpc) is 0. The fourth-order valence-electron chi connectivity index (χ4n) is 0. The van der Waals surface area contributed by atoms with Crippen LogP contribution in [0, 0.1) is 0 Å². The third-order valence-electron chi connectivity index (χ3n) is 0. The van der Waals surface area contributed by atoms with E-state index in [1.54, 1.807) is 0 Å². The molecule has 0 atom stereocenters. The minimum absolute atomic E-state index is 0. The van der Waals surface area contributed by atoms with Crippen molar-refractivity contribution in [2.24, 2.45) is 0 Å². The zero-order chi connectivity index (χ0) is 0. The average molecular weight is 466 g/mol. The Kier molecular flexibility index (Phi) is 4810. The molecule has 48 valence electrons. The van der Waals surface area contributed by atoms with Crippen LogP contribution >= 0.6 is 0 Å². The molecule has 0 aliphatic rings. The molecule has 0 aromatic rings. The fraction of sp³-hybridized carbons (Fsp3) is 0. The second-order valence-corrected chi connectivity index (χ2v) is 0. The first-order valence-corrected chi connectivity index (χ1v) is 0. The van der Waals surface area contributed by atoms with E-state index in [1.165, 1.54) is 0 Å². The molecule has 0 heterocycles. The van der Waals surface area contributed by atoms with Gasteiger partial charge in [-0.25, -0.2) is 0 Å². The monoisotopic (exact) mass is 466 g/mol. The van der Waals surface area contributed by atoms with Crippen molar-refractivity contribution in [3.05, 3.63) is 0 Å². The van der Waals surface area contributed by atoms with E-state index in [9.17, 15) is 0 Å². The predicted molar refractivity (Wildman–Crippen MR) is 0 cm³/mol. The van der Waals surface area contributed by atoms with Gasteiger partial charge in [-0.05, 0) is 0 Å². The Hall–Kier alpha value is 1.10. The second kappa shape index (κ2) is 132. The molecule has 0 rings (SSSR count). The SMILES string of the molecule is [F-].[F-].[F-].[F-].[Pt+2].[Pt+2]. The van der Waals surface area contributed by atoms with Crippen molar-refractivity contribution >= 4 is 0 Å². The van der Waals surface area contributed by atoms with Crippen LogP contribution in [-0.2, 0) is 42.1 Å². The van der Waals surface area contributed by atoms with Gasteiger partial charge in [0.25, 0.3) is 0 Å². The molecule has 0 fully saturated rings. The Morgan fingerprint density at radius 3 is 0.333 bits per heavy atom. The molecule has 0 N–H and O–H groups in total. The van der Waals surface area contributed by atoms with E-state index < -0.39 is 0 Å². The molecule has 0 aromatic heterocycles. The molecule has 0 saturated carbocycles. The smallest absolute Gasteiger partial charge is 1.00 e. The molecular weight excluding hydrogens is 466 g/mol. The summed E-state index contributed by atoms with van der Waals surface area (Å²) in [5, 5.41) is 0. The maximum absolute atomic E-state index is 0. The Bertz CT molecular complexity index is 5.51. The van der Waals surface area contributed by atoms with Crippen molar-refractivity contribution in [3.8, 4) is 0 Å². The third kappa shape index (κ3) is 71.1. The molecular formula is F4Pt2. The number of rotatable bonds is 0. The van der Waals surface area contributed by atoms with E-state index in [-0.39, 0.29) is 60.9 Å². The van der Waals surface area contributed by atoms with Gasteiger partial charge in [-0.1, -0.05) is 0 Å². The van der Waals surface area contributed by atoms with Crippen LogP contribution in [0.2, 0.25) is 0 Å². The molecule has 6 heavy (non-hydrogen) atoms. The van der Waals surface area contributed by atoms with E-state index in [0.29, 0.717) is 0 Å². The normalized spacial score (nSPS) is 0. The summed E-state index contributed by atoms with van der Waals surface area (Å²) in [4.78, 5) is 0. The Morgan fingerprint density at radius 2 is 0.333 bits per heavy atom. The summed E-state index contributed by atoms with van der Waals surface area (Å²) in [5.41, 5.74) is 0. The second-order valence-electron chi connectivity index (χ2n) is 0. The Morgan fingerprint density at radius 1 is 0.333 bits per heavy atom. The summed E-state index contributed by atoms with van der Waals surface area (Å²) in [6.07, 6.45) is 0. The molecule has 0 amide bonds. The predicted octanol–water partition coefficient (Wildman–Crippen LogP) is -12.0. The summed E-state index contributed by atoms with van der Waals surface area (Å²) in [5.74, 6) is 0. The minimum atomic E-state index is 0. The van der Waals surface area contributed by atoms with Gasteiger partial charge in [0.15, 0.2) is 0 Å². The fourth-order valence-corrected chi connectivity index (χ4v) is 0. The zero-order valence-electron chi connectivity index (χ0n) is 2.14. The van der Waals surface area contributed by atoms with E-state index >= 15 is 0 Å². The van der Waals surface area contributed by atoms with Crippen LogP contribution in [0.1, 0.15) is 0 Å². The molecule has 0 aliphatic heterocycles. The van der Waals surface area contributed by atoms with Gasteiger partial charge in [0.1, 0.15) is 0 Å². The molecule has 0 radical (unpaired) electrons. The summed E-state index contributed by atoms with van der Waals surface area (Å²) in [6, 6.07) is 0. The molecule has 6 heteroatoms. The first-order chi connectivity index (χ1) is 0. The summed E-state index contributed by atoms with van der Waals surface area (Å²) < 4.78 is 0. The molecule has 0 nitrogen and oxygen atoms in total. The standard InChI is InChI=1S/4FH.2Pt/h4*1H;;/q;;;;2*+2/p-4. The van der Waals surface area contributed by atoms with Crippen LogP contribution in [0.5, 0.6) is 0 Å². The van der Waals surface area contributed by atoms with Crippen molar-refractivity contribution in [1.82, 2.24) is 0 Å². The van der Waals surface area contributed by atoms with Gasteiger partial charge in [0.2, 0.25) is 0 Å². The van der Waals surface area contributed by atoms with Crippen LogP contribution in [0.4, 0.5) is 0 Å². The van der Waals surface area contributed by atoms with Crippen molar-refractivity contribution in [2.75, 3.05) is 0 Å². The number of hydrogen-bond acceptors (Lipinski definition) is 0. The van der Waals surface area contributed by atoms with Crippen molar-refractivity contribution < 1.29 is 60.9 Å². The van der Waals surface area contributed by atoms with E-state index in [0.717, 1.165) is 0 Å². The first-order valence-electron chi connectivity index (χ1n) is 0. The van der Waals surface area contributed by atoms with Gasteiger partial charge >= 0.3 is 42.1 Å². The summed E-state index contributed by atoms with van der Waals surface area (Å²) in [6.45, 7) is 0. The minimum Gasteiger partial charge on any atom is -1.00 e.